The summed E-state index contributed by atoms with van der Waals surface area (Å²) in [6.45, 7) is 0.579. The molecule has 112 valence electrons. The van der Waals surface area contributed by atoms with Crippen molar-refractivity contribution in [2.24, 2.45) is 0 Å². The van der Waals surface area contributed by atoms with E-state index in [0.29, 0.717) is 16.4 Å². The fourth-order valence-corrected chi connectivity index (χ4v) is 3.80. The van der Waals surface area contributed by atoms with E-state index in [-0.39, 0.29) is 11.1 Å². The molecule has 0 aliphatic carbocycles. The van der Waals surface area contributed by atoms with E-state index in [2.05, 4.69) is 21.4 Å². The molecule has 3 heterocycles. The maximum atomic E-state index is 12.2. The van der Waals surface area contributed by atoms with E-state index in [9.17, 15) is 4.79 Å². The molecule has 1 N–H and O–H groups in total. The monoisotopic (exact) mass is 349 g/mol. The van der Waals surface area contributed by atoms with Crippen LogP contribution in [-0.2, 0) is 6.42 Å². The van der Waals surface area contributed by atoms with Crippen molar-refractivity contribution in [3.05, 3.63) is 56.9 Å². The Balaban J connectivity index is 1.66. The largest absolute Gasteiger partial charge is 0.351 e. The van der Waals surface area contributed by atoms with Gasteiger partial charge in [-0.1, -0.05) is 17.7 Å². The first-order chi connectivity index (χ1) is 10.7. The second-order valence-electron chi connectivity index (χ2n) is 4.47. The summed E-state index contributed by atoms with van der Waals surface area (Å²) in [5, 5.41) is 5.84. The Kier molecular flexibility index (Phi) is 4.82. The Morgan fingerprint density at radius 3 is 2.95 bits per heavy atom. The highest BCUT2D eigenvalue weighted by molar-refractivity contribution is 7.17. The zero-order valence-corrected chi connectivity index (χ0v) is 13.8. The number of hydrogen-bond donors (Lipinski definition) is 1. The van der Waals surface area contributed by atoms with Gasteiger partial charge in [0.25, 0.3) is 5.91 Å². The van der Waals surface area contributed by atoms with Crippen LogP contribution in [0.3, 0.4) is 0 Å². The number of hydrogen-bond acceptors (Lipinski definition) is 5. The summed E-state index contributed by atoms with van der Waals surface area (Å²) in [7, 11) is 0. The van der Waals surface area contributed by atoms with E-state index in [1.807, 2.05) is 23.6 Å². The smallest absolute Gasteiger partial charge is 0.264 e. The molecular formula is C15H12ClN3OS2. The topological polar surface area (TPSA) is 54.9 Å². The van der Waals surface area contributed by atoms with E-state index in [0.717, 1.165) is 12.0 Å². The first-order valence-electron chi connectivity index (χ1n) is 6.61. The zero-order valence-electron chi connectivity index (χ0n) is 11.5. The highest BCUT2D eigenvalue weighted by atomic mass is 35.5. The molecule has 0 spiro atoms. The molecule has 0 aliphatic rings. The van der Waals surface area contributed by atoms with Crippen LogP contribution in [0.4, 0.5) is 0 Å². The van der Waals surface area contributed by atoms with Crippen molar-refractivity contribution < 1.29 is 4.79 Å². The number of aromatic nitrogens is 2. The van der Waals surface area contributed by atoms with Gasteiger partial charge in [0, 0.05) is 29.4 Å². The van der Waals surface area contributed by atoms with Crippen LogP contribution >= 0.6 is 34.3 Å². The molecule has 4 nitrogen and oxygen atoms in total. The number of thiophene rings is 1. The molecule has 22 heavy (non-hydrogen) atoms. The van der Waals surface area contributed by atoms with Crippen molar-refractivity contribution in [2.45, 2.75) is 6.42 Å². The highest BCUT2D eigenvalue weighted by Gasteiger charge is 2.17. The number of carbonyl (C=O) groups excluding carboxylic acids is 1. The van der Waals surface area contributed by atoms with Crippen molar-refractivity contribution in [1.29, 1.82) is 0 Å². The number of nitrogens with zero attached hydrogens (tertiary/aromatic N) is 2. The minimum absolute atomic E-state index is 0.186. The van der Waals surface area contributed by atoms with Crippen LogP contribution in [0, 0.1) is 0 Å². The highest BCUT2D eigenvalue weighted by Crippen LogP contribution is 2.30. The molecule has 0 aliphatic heterocycles. The summed E-state index contributed by atoms with van der Waals surface area (Å²) in [4.78, 5) is 22.2. The molecule has 0 aromatic carbocycles. The van der Waals surface area contributed by atoms with Gasteiger partial charge in [-0.3, -0.25) is 9.78 Å². The third-order valence-corrected chi connectivity index (χ3v) is 5.36. The van der Waals surface area contributed by atoms with Gasteiger partial charge in [-0.25, -0.2) is 4.98 Å². The maximum absolute atomic E-state index is 12.2. The van der Waals surface area contributed by atoms with Crippen molar-refractivity contribution in [3.8, 4) is 10.6 Å². The van der Waals surface area contributed by atoms with Gasteiger partial charge in [-0.15, -0.1) is 22.7 Å². The van der Waals surface area contributed by atoms with Gasteiger partial charge in [0.05, 0.1) is 0 Å². The summed E-state index contributed by atoms with van der Waals surface area (Å²) in [5.41, 5.74) is 0.854. The molecule has 7 heteroatoms. The lowest BCUT2D eigenvalue weighted by atomic mass is 10.3. The van der Waals surface area contributed by atoms with Gasteiger partial charge in [0.1, 0.15) is 9.88 Å². The standard InChI is InChI=1S/C15H12ClN3OS2/c16-13-12(14(20)18-7-5-11-4-2-8-21-11)22-15(19-13)10-3-1-6-17-9-10/h1-4,6,8-9H,5,7H2,(H,18,20). The number of nitrogens with one attached hydrogen (secondary N) is 1. The third-order valence-electron chi connectivity index (χ3n) is 2.94. The van der Waals surface area contributed by atoms with E-state index in [1.54, 1.807) is 23.7 Å². The molecular weight excluding hydrogens is 338 g/mol. The number of amides is 1. The lowest BCUT2D eigenvalue weighted by Crippen LogP contribution is -2.24. The van der Waals surface area contributed by atoms with Gasteiger partial charge in [0.15, 0.2) is 5.15 Å². The summed E-state index contributed by atoms with van der Waals surface area (Å²) < 4.78 is 0. The second-order valence-corrected chi connectivity index (χ2v) is 6.86. The van der Waals surface area contributed by atoms with Crippen molar-refractivity contribution in [3.63, 3.8) is 0 Å². The lowest BCUT2D eigenvalue weighted by molar-refractivity contribution is 0.0958. The van der Waals surface area contributed by atoms with Crippen LogP contribution in [0.1, 0.15) is 14.5 Å². The number of halogens is 1. The predicted molar refractivity (Wildman–Crippen MR) is 90.7 cm³/mol. The van der Waals surface area contributed by atoms with Gasteiger partial charge in [-0.2, -0.15) is 0 Å². The molecule has 0 saturated heterocycles. The Morgan fingerprint density at radius 2 is 2.23 bits per heavy atom. The average molecular weight is 350 g/mol. The second kappa shape index (κ2) is 7.00. The normalized spacial score (nSPS) is 10.6. The van der Waals surface area contributed by atoms with Crippen LogP contribution < -0.4 is 5.32 Å². The summed E-state index contributed by atoms with van der Waals surface area (Å²) >= 11 is 9.05. The minimum atomic E-state index is -0.186. The number of carbonyl (C=O) groups is 1. The van der Waals surface area contributed by atoms with Gasteiger partial charge >= 0.3 is 0 Å². The average Bonchev–Trinajstić information content (AvgIpc) is 3.17. The molecule has 0 bridgehead atoms. The first-order valence-corrected chi connectivity index (χ1v) is 8.69. The Labute approximate surface area is 140 Å². The van der Waals surface area contributed by atoms with Crippen LogP contribution in [0.15, 0.2) is 42.0 Å². The van der Waals surface area contributed by atoms with E-state index >= 15 is 0 Å². The molecule has 0 atom stereocenters. The van der Waals surface area contributed by atoms with E-state index < -0.39 is 0 Å². The number of rotatable bonds is 5. The molecule has 0 saturated carbocycles. The Hall–Kier alpha value is -1.76. The summed E-state index contributed by atoms with van der Waals surface area (Å²) in [6.07, 6.45) is 4.21. The predicted octanol–water partition coefficient (Wildman–Crippen LogP) is 3.89. The Bertz CT molecular complexity index is 756. The van der Waals surface area contributed by atoms with Gasteiger partial charge in [0.2, 0.25) is 0 Å². The quantitative estimate of drug-likeness (QED) is 0.760. The lowest BCUT2D eigenvalue weighted by Gasteiger charge is -2.02. The van der Waals surface area contributed by atoms with E-state index in [1.165, 1.54) is 16.2 Å². The van der Waals surface area contributed by atoms with Crippen LogP contribution in [0.5, 0.6) is 0 Å². The fraction of sp³-hybridized carbons (Fsp3) is 0.133. The molecule has 3 rings (SSSR count). The van der Waals surface area contributed by atoms with Gasteiger partial charge in [-0.05, 0) is 30.0 Å². The van der Waals surface area contributed by atoms with E-state index in [4.69, 9.17) is 11.6 Å². The number of pyridine rings is 1. The van der Waals surface area contributed by atoms with Crippen LogP contribution in [-0.4, -0.2) is 22.4 Å². The first kappa shape index (κ1) is 15.1. The Morgan fingerprint density at radius 1 is 1.32 bits per heavy atom. The number of thiazole rings is 1. The third kappa shape index (κ3) is 3.52. The van der Waals surface area contributed by atoms with Crippen LogP contribution in [0.25, 0.3) is 10.6 Å². The summed E-state index contributed by atoms with van der Waals surface area (Å²) in [5.74, 6) is -0.186. The van der Waals surface area contributed by atoms with Gasteiger partial charge < -0.3 is 5.32 Å². The molecule has 0 fully saturated rings. The van der Waals surface area contributed by atoms with Crippen molar-refractivity contribution >= 4 is 40.2 Å². The fourth-order valence-electron chi connectivity index (χ4n) is 1.89. The van der Waals surface area contributed by atoms with Crippen molar-refractivity contribution in [2.75, 3.05) is 6.54 Å². The maximum Gasteiger partial charge on any atom is 0.264 e. The molecule has 3 aromatic heterocycles. The van der Waals surface area contributed by atoms with Crippen molar-refractivity contribution in [1.82, 2.24) is 15.3 Å². The minimum Gasteiger partial charge on any atom is -0.351 e. The molecule has 1 amide bonds. The summed E-state index contributed by atoms with van der Waals surface area (Å²) in [6, 6.07) is 7.77. The molecule has 0 radical (unpaired) electrons. The molecule has 0 unspecified atom stereocenters. The van der Waals surface area contributed by atoms with Crippen LogP contribution in [0.2, 0.25) is 5.15 Å². The SMILES string of the molecule is O=C(NCCc1cccs1)c1sc(-c2cccnc2)nc1Cl. The molecule has 3 aromatic rings. The zero-order chi connectivity index (χ0) is 15.4.